The summed E-state index contributed by atoms with van der Waals surface area (Å²) < 4.78 is 11.8. The third-order valence-corrected chi connectivity index (χ3v) is 4.93. The van der Waals surface area contributed by atoms with Crippen molar-refractivity contribution in [1.29, 1.82) is 0 Å². The normalized spacial score (nSPS) is 32.4. The van der Waals surface area contributed by atoms with Crippen LogP contribution < -0.4 is 4.74 Å². The second-order valence-electron chi connectivity index (χ2n) is 5.26. The minimum absolute atomic E-state index is 0.451. The van der Waals surface area contributed by atoms with Crippen molar-refractivity contribution in [3.05, 3.63) is 27.8 Å². The summed E-state index contributed by atoms with van der Waals surface area (Å²) in [6.07, 6.45) is -3.97. The van der Waals surface area contributed by atoms with Crippen molar-refractivity contribution in [3.8, 4) is 5.75 Å². The van der Waals surface area contributed by atoms with Crippen LogP contribution in [0.15, 0.2) is 22.8 Å². The summed E-state index contributed by atoms with van der Waals surface area (Å²) in [5, 5.41) is 30.8. The van der Waals surface area contributed by atoms with Gasteiger partial charge < -0.3 is 29.8 Å². The first-order valence-corrected chi connectivity index (χ1v) is 7.88. The van der Waals surface area contributed by atoms with E-state index in [2.05, 4.69) is 20.9 Å². The van der Waals surface area contributed by atoms with Gasteiger partial charge in [-0.3, -0.25) is 0 Å². The Kier molecular flexibility index (Phi) is 4.37. The Hall–Kier alpha value is -0.830. The van der Waals surface area contributed by atoms with Crippen LogP contribution in [-0.2, 0) is 4.74 Å². The standard InChI is InChI=1S/C14H15BrClNO5/c1-5-11(18)12(19)13(20)14(21-5)22-10-4-17-9-3-8(16)7(15)2-6(9)10/h2-5,11-14,17-20H,1H3/t5-,11+,12-,13-,14+/m1/s1. The lowest BCUT2D eigenvalue weighted by atomic mass is 10.00. The van der Waals surface area contributed by atoms with Crippen molar-refractivity contribution >= 4 is 38.4 Å². The molecule has 2 aromatic rings. The molecular weight excluding hydrogens is 378 g/mol. The third-order valence-electron chi connectivity index (χ3n) is 3.74. The van der Waals surface area contributed by atoms with Crippen molar-refractivity contribution in [2.75, 3.05) is 0 Å². The molecule has 1 aliphatic heterocycles. The maximum absolute atomic E-state index is 9.99. The van der Waals surface area contributed by atoms with Gasteiger partial charge in [0.15, 0.2) is 0 Å². The number of aliphatic hydroxyl groups excluding tert-OH is 3. The molecule has 1 saturated heterocycles. The number of aromatic amines is 1. The van der Waals surface area contributed by atoms with Crippen molar-refractivity contribution in [2.45, 2.75) is 37.6 Å². The minimum atomic E-state index is -1.35. The van der Waals surface area contributed by atoms with E-state index >= 15 is 0 Å². The lowest BCUT2D eigenvalue weighted by Crippen LogP contribution is -2.58. The monoisotopic (exact) mass is 391 g/mol. The lowest BCUT2D eigenvalue weighted by molar-refractivity contribution is -0.267. The predicted octanol–water partition coefficient (Wildman–Crippen LogP) is 1.79. The molecule has 120 valence electrons. The van der Waals surface area contributed by atoms with E-state index in [9.17, 15) is 15.3 Å². The van der Waals surface area contributed by atoms with Gasteiger partial charge in [0.05, 0.1) is 16.6 Å². The smallest absolute Gasteiger partial charge is 0.229 e. The number of aliphatic hydroxyl groups is 3. The Bertz CT molecular complexity index is 693. The fourth-order valence-corrected chi connectivity index (χ4v) is 2.93. The molecule has 22 heavy (non-hydrogen) atoms. The summed E-state index contributed by atoms with van der Waals surface area (Å²) in [5.41, 5.74) is 0.766. The summed E-state index contributed by atoms with van der Waals surface area (Å²) in [4.78, 5) is 3.01. The number of benzene rings is 1. The molecule has 8 heteroatoms. The van der Waals surface area contributed by atoms with Gasteiger partial charge in [0, 0.05) is 16.1 Å². The number of fused-ring (bicyclic) bond motifs is 1. The maximum Gasteiger partial charge on any atom is 0.229 e. The van der Waals surface area contributed by atoms with E-state index in [-0.39, 0.29) is 0 Å². The minimum Gasteiger partial charge on any atom is -0.460 e. The van der Waals surface area contributed by atoms with E-state index in [4.69, 9.17) is 21.1 Å². The number of rotatable bonds is 2. The van der Waals surface area contributed by atoms with Crippen LogP contribution in [0.4, 0.5) is 0 Å². The number of ether oxygens (including phenoxy) is 2. The summed E-state index contributed by atoms with van der Waals surface area (Å²) in [6, 6.07) is 3.53. The van der Waals surface area contributed by atoms with E-state index in [1.807, 2.05) is 0 Å². The molecule has 0 aliphatic carbocycles. The van der Waals surface area contributed by atoms with Crippen molar-refractivity contribution in [2.24, 2.45) is 0 Å². The van der Waals surface area contributed by atoms with Gasteiger partial charge in [-0.05, 0) is 35.0 Å². The van der Waals surface area contributed by atoms with Crippen LogP contribution in [0.5, 0.6) is 5.75 Å². The lowest BCUT2D eigenvalue weighted by Gasteiger charge is -2.38. The number of hydrogen-bond donors (Lipinski definition) is 4. The Morgan fingerprint density at radius 1 is 1.23 bits per heavy atom. The van der Waals surface area contributed by atoms with Crippen LogP contribution in [0.2, 0.25) is 5.02 Å². The van der Waals surface area contributed by atoms with Gasteiger partial charge in [-0.2, -0.15) is 0 Å². The van der Waals surface area contributed by atoms with Crippen LogP contribution in [0.25, 0.3) is 10.9 Å². The van der Waals surface area contributed by atoms with E-state index in [1.54, 1.807) is 25.3 Å². The summed E-state index contributed by atoms with van der Waals surface area (Å²) in [6.45, 7) is 1.60. The quantitative estimate of drug-likeness (QED) is 0.625. The molecule has 1 aromatic heterocycles. The fraction of sp³-hybridized carbons (Fsp3) is 0.429. The van der Waals surface area contributed by atoms with Gasteiger partial charge in [-0.1, -0.05) is 11.6 Å². The van der Waals surface area contributed by atoms with Gasteiger partial charge in [0.1, 0.15) is 24.1 Å². The van der Waals surface area contributed by atoms with Gasteiger partial charge in [-0.15, -0.1) is 0 Å². The largest absolute Gasteiger partial charge is 0.460 e. The third kappa shape index (κ3) is 2.73. The summed E-state index contributed by atoms with van der Waals surface area (Å²) in [7, 11) is 0. The first-order chi connectivity index (χ1) is 10.4. The van der Waals surface area contributed by atoms with Crippen LogP contribution >= 0.6 is 27.5 Å². The summed E-state index contributed by atoms with van der Waals surface area (Å²) >= 11 is 9.38. The van der Waals surface area contributed by atoms with Crippen molar-refractivity contribution in [3.63, 3.8) is 0 Å². The second-order valence-corrected chi connectivity index (χ2v) is 6.53. The number of halogens is 2. The van der Waals surface area contributed by atoms with Crippen LogP contribution in [0, 0.1) is 0 Å². The van der Waals surface area contributed by atoms with E-state index in [1.165, 1.54) is 0 Å². The SMILES string of the molecule is C[C@H]1O[C@@H](Oc2c[nH]c3cc(Cl)c(Br)cc23)[C@H](O)[C@H](O)[C@H]1O. The topological polar surface area (TPSA) is 94.9 Å². The van der Waals surface area contributed by atoms with Gasteiger partial charge in [-0.25, -0.2) is 0 Å². The van der Waals surface area contributed by atoms with E-state index in [0.717, 1.165) is 10.9 Å². The number of H-pyrrole nitrogens is 1. The molecule has 0 saturated carbocycles. The molecule has 1 aliphatic rings. The molecular formula is C14H15BrClNO5. The highest BCUT2D eigenvalue weighted by Gasteiger charge is 2.43. The summed E-state index contributed by atoms with van der Waals surface area (Å²) in [5.74, 6) is 0.451. The highest BCUT2D eigenvalue weighted by atomic mass is 79.9. The molecule has 1 fully saturated rings. The zero-order chi connectivity index (χ0) is 16.0. The Morgan fingerprint density at radius 2 is 1.95 bits per heavy atom. The van der Waals surface area contributed by atoms with Crippen molar-refractivity contribution in [1.82, 2.24) is 4.98 Å². The molecule has 0 spiro atoms. The zero-order valence-corrected chi connectivity index (χ0v) is 13.9. The van der Waals surface area contributed by atoms with Gasteiger partial charge in [0.2, 0.25) is 6.29 Å². The molecule has 0 bridgehead atoms. The average Bonchev–Trinajstić information content (AvgIpc) is 2.85. The Balaban J connectivity index is 1.88. The Morgan fingerprint density at radius 3 is 2.68 bits per heavy atom. The second kappa shape index (κ2) is 5.99. The van der Waals surface area contributed by atoms with Crippen LogP contribution in [0.1, 0.15) is 6.92 Å². The average molecular weight is 393 g/mol. The van der Waals surface area contributed by atoms with E-state index < -0.39 is 30.7 Å². The molecule has 2 heterocycles. The molecule has 4 N–H and O–H groups in total. The van der Waals surface area contributed by atoms with Crippen LogP contribution in [-0.4, -0.2) is 51.0 Å². The molecule has 0 unspecified atom stereocenters. The van der Waals surface area contributed by atoms with E-state index in [0.29, 0.717) is 15.2 Å². The number of aromatic nitrogens is 1. The highest BCUT2D eigenvalue weighted by Crippen LogP contribution is 2.34. The molecule has 1 aromatic carbocycles. The fourth-order valence-electron chi connectivity index (χ4n) is 2.42. The zero-order valence-electron chi connectivity index (χ0n) is 11.5. The molecule has 5 atom stereocenters. The molecule has 0 radical (unpaired) electrons. The van der Waals surface area contributed by atoms with Crippen molar-refractivity contribution < 1.29 is 24.8 Å². The molecule has 3 rings (SSSR count). The first-order valence-electron chi connectivity index (χ1n) is 6.71. The van der Waals surface area contributed by atoms with Crippen LogP contribution in [0.3, 0.4) is 0 Å². The first kappa shape index (κ1) is 16.0. The van der Waals surface area contributed by atoms with Gasteiger partial charge >= 0.3 is 0 Å². The number of hydrogen-bond acceptors (Lipinski definition) is 5. The molecule has 6 nitrogen and oxygen atoms in total. The maximum atomic E-state index is 9.99. The Labute approximate surface area is 139 Å². The number of nitrogens with one attached hydrogen (secondary N) is 1. The van der Waals surface area contributed by atoms with Gasteiger partial charge in [0.25, 0.3) is 0 Å². The molecule has 0 amide bonds. The predicted molar refractivity (Wildman–Crippen MR) is 84.0 cm³/mol. The highest BCUT2D eigenvalue weighted by molar-refractivity contribution is 9.10.